The number of hydrogen-bond acceptors (Lipinski definition) is 2. The van der Waals surface area contributed by atoms with Crippen molar-refractivity contribution in [2.45, 2.75) is 32.9 Å². The topological polar surface area (TPSA) is 23.4 Å². The zero-order chi connectivity index (χ0) is 14.8. The van der Waals surface area contributed by atoms with Crippen molar-refractivity contribution < 1.29 is 22.6 Å². The molecule has 2 rings (SSSR count). The molecule has 1 heterocycles. The highest BCUT2D eigenvalue weighted by molar-refractivity contribution is 5.81. The van der Waals surface area contributed by atoms with Crippen molar-refractivity contribution in [3.05, 3.63) is 30.5 Å². The van der Waals surface area contributed by atoms with Gasteiger partial charge in [-0.25, -0.2) is 0 Å². The van der Waals surface area contributed by atoms with Crippen LogP contribution < -0.4 is 4.74 Å². The first kappa shape index (κ1) is 14.7. The standard InChI is InChI=1S/C14H16F3NO2/c1-10(2)20-12-3-4-13-11(9-12)5-6-18(13)7-8-19-14(15,16)17/h3-6,9-10H,7-8H2,1-2H3. The summed E-state index contributed by atoms with van der Waals surface area (Å²) < 4.78 is 46.9. The highest BCUT2D eigenvalue weighted by atomic mass is 19.4. The Bertz CT molecular complexity index is 575. The van der Waals surface area contributed by atoms with Gasteiger partial charge in [0.05, 0.1) is 12.7 Å². The van der Waals surface area contributed by atoms with Gasteiger partial charge in [-0.3, -0.25) is 4.74 Å². The maximum absolute atomic E-state index is 11.9. The summed E-state index contributed by atoms with van der Waals surface area (Å²) in [5.41, 5.74) is 0.854. The maximum Gasteiger partial charge on any atom is 0.522 e. The Labute approximate surface area is 114 Å². The summed E-state index contributed by atoms with van der Waals surface area (Å²) in [6, 6.07) is 7.36. The molecule has 0 saturated carbocycles. The van der Waals surface area contributed by atoms with E-state index in [9.17, 15) is 13.2 Å². The molecular weight excluding hydrogens is 271 g/mol. The van der Waals surface area contributed by atoms with Gasteiger partial charge in [0.25, 0.3) is 0 Å². The molecule has 0 N–H and O–H groups in total. The SMILES string of the molecule is CC(C)Oc1ccc2c(ccn2CCOC(F)(F)F)c1. The number of nitrogens with zero attached hydrogens (tertiary/aromatic N) is 1. The molecule has 110 valence electrons. The number of hydrogen-bond donors (Lipinski definition) is 0. The molecule has 0 saturated heterocycles. The van der Waals surface area contributed by atoms with Gasteiger partial charge < -0.3 is 9.30 Å². The first-order valence-corrected chi connectivity index (χ1v) is 6.31. The third-order valence-electron chi connectivity index (χ3n) is 2.71. The van der Waals surface area contributed by atoms with E-state index in [-0.39, 0.29) is 12.6 Å². The molecule has 0 aliphatic heterocycles. The minimum atomic E-state index is -4.58. The van der Waals surface area contributed by atoms with E-state index < -0.39 is 13.0 Å². The van der Waals surface area contributed by atoms with Crippen LogP contribution in [0, 0.1) is 0 Å². The molecule has 0 spiro atoms. The minimum absolute atomic E-state index is 0.0784. The largest absolute Gasteiger partial charge is 0.522 e. The van der Waals surface area contributed by atoms with Crippen molar-refractivity contribution in [3.8, 4) is 5.75 Å². The number of benzene rings is 1. The van der Waals surface area contributed by atoms with E-state index in [4.69, 9.17) is 4.74 Å². The van der Waals surface area contributed by atoms with Crippen LogP contribution in [0.1, 0.15) is 13.8 Å². The van der Waals surface area contributed by atoms with Crippen LogP contribution in [-0.4, -0.2) is 23.6 Å². The van der Waals surface area contributed by atoms with Gasteiger partial charge in [-0.1, -0.05) is 0 Å². The molecule has 0 aliphatic carbocycles. The smallest absolute Gasteiger partial charge is 0.491 e. The van der Waals surface area contributed by atoms with Crippen molar-refractivity contribution in [3.63, 3.8) is 0 Å². The number of alkyl halides is 3. The quantitative estimate of drug-likeness (QED) is 0.830. The molecule has 3 nitrogen and oxygen atoms in total. The second-order valence-corrected chi connectivity index (χ2v) is 4.69. The normalized spacial score (nSPS) is 12.3. The van der Waals surface area contributed by atoms with Gasteiger partial charge in [0.1, 0.15) is 5.75 Å². The van der Waals surface area contributed by atoms with Crippen molar-refractivity contribution in [1.82, 2.24) is 4.57 Å². The van der Waals surface area contributed by atoms with E-state index in [1.54, 1.807) is 10.8 Å². The summed E-state index contributed by atoms with van der Waals surface area (Å²) in [4.78, 5) is 0. The zero-order valence-electron chi connectivity index (χ0n) is 11.3. The predicted molar refractivity (Wildman–Crippen MR) is 69.7 cm³/mol. The lowest BCUT2D eigenvalue weighted by Gasteiger charge is -2.11. The molecule has 0 amide bonds. The lowest BCUT2D eigenvalue weighted by atomic mass is 10.2. The minimum Gasteiger partial charge on any atom is -0.491 e. The Morgan fingerprint density at radius 3 is 2.60 bits per heavy atom. The molecule has 2 aromatic rings. The fourth-order valence-corrected chi connectivity index (χ4v) is 1.98. The Hall–Kier alpha value is -1.69. The van der Waals surface area contributed by atoms with Crippen LogP contribution in [0.5, 0.6) is 5.75 Å². The molecule has 0 unspecified atom stereocenters. The summed E-state index contributed by atoms with van der Waals surface area (Å²) in [5.74, 6) is 0.747. The van der Waals surface area contributed by atoms with Gasteiger partial charge in [-0.15, -0.1) is 13.2 Å². The van der Waals surface area contributed by atoms with Crippen molar-refractivity contribution in [1.29, 1.82) is 0 Å². The molecule has 1 aromatic carbocycles. The van der Waals surface area contributed by atoms with Gasteiger partial charge in [0.2, 0.25) is 0 Å². The van der Waals surface area contributed by atoms with E-state index in [0.717, 1.165) is 16.7 Å². The second-order valence-electron chi connectivity index (χ2n) is 4.69. The summed E-state index contributed by atoms with van der Waals surface area (Å²) in [6.07, 6.45) is -2.76. The number of fused-ring (bicyclic) bond motifs is 1. The molecule has 0 fully saturated rings. The lowest BCUT2D eigenvalue weighted by molar-refractivity contribution is -0.325. The van der Waals surface area contributed by atoms with Crippen molar-refractivity contribution >= 4 is 10.9 Å². The first-order chi connectivity index (χ1) is 9.35. The Balaban J connectivity index is 2.08. The van der Waals surface area contributed by atoms with Gasteiger partial charge in [-0.05, 0) is 38.1 Å². The van der Waals surface area contributed by atoms with Gasteiger partial charge in [0, 0.05) is 23.6 Å². The van der Waals surface area contributed by atoms with Gasteiger partial charge >= 0.3 is 6.36 Å². The molecule has 0 radical (unpaired) electrons. The number of ether oxygens (including phenoxy) is 2. The maximum atomic E-state index is 11.9. The van der Waals surface area contributed by atoms with Crippen LogP contribution in [0.4, 0.5) is 13.2 Å². The molecule has 20 heavy (non-hydrogen) atoms. The van der Waals surface area contributed by atoms with Crippen LogP contribution in [-0.2, 0) is 11.3 Å². The van der Waals surface area contributed by atoms with E-state index in [1.807, 2.05) is 38.1 Å². The third kappa shape index (κ3) is 3.90. The van der Waals surface area contributed by atoms with Crippen LogP contribution >= 0.6 is 0 Å². The molecular formula is C14H16F3NO2. The van der Waals surface area contributed by atoms with Gasteiger partial charge in [0.15, 0.2) is 0 Å². The van der Waals surface area contributed by atoms with Crippen LogP contribution in [0.3, 0.4) is 0 Å². The lowest BCUT2D eigenvalue weighted by Crippen LogP contribution is -2.17. The highest BCUT2D eigenvalue weighted by Gasteiger charge is 2.28. The van der Waals surface area contributed by atoms with Gasteiger partial charge in [-0.2, -0.15) is 0 Å². The molecule has 0 aliphatic rings. The van der Waals surface area contributed by atoms with Crippen LogP contribution in [0.2, 0.25) is 0 Å². The van der Waals surface area contributed by atoms with Crippen LogP contribution in [0.15, 0.2) is 30.5 Å². The van der Waals surface area contributed by atoms with Crippen LogP contribution in [0.25, 0.3) is 10.9 Å². The van der Waals surface area contributed by atoms with E-state index >= 15 is 0 Å². The summed E-state index contributed by atoms with van der Waals surface area (Å²) in [7, 11) is 0. The fourth-order valence-electron chi connectivity index (χ4n) is 1.98. The predicted octanol–water partition coefficient (Wildman–Crippen LogP) is 3.96. The van der Waals surface area contributed by atoms with Crippen molar-refractivity contribution in [2.75, 3.05) is 6.61 Å². The average Bonchev–Trinajstić information content (AvgIpc) is 2.69. The second kappa shape index (κ2) is 5.75. The number of rotatable bonds is 5. The third-order valence-corrected chi connectivity index (χ3v) is 2.71. The fraction of sp³-hybridized carbons (Fsp3) is 0.429. The molecule has 0 atom stereocenters. The average molecular weight is 287 g/mol. The summed E-state index contributed by atoms with van der Waals surface area (Å²) in [5, 5.41) is 0.926. The van der Waals surface area contributed by atoms with E-state index in [1.165, 1.54) is 0 Å². The number of halogens is 3. The van der Waals surface area contributed by atoms with Crippen molar-refractivity contribution in [2.24, 2.45) is 0 Å². The molecule has 6 heteroatoms. The first-order valence-electron chi connectivity index (χ1n) is 6.31. The van der Waals surface area contributed by atoms with E-state index in [2.05, 4.69) is 4.74 Å². The number of aromatic nitrogens is 1. The summed E-state index contributed by atoms with van der Waals surface area (Å²) in [6.45, 7) is 3.61. The highest BCUT2D eigenvalue weighted by Crippen LogP contribution is 2.23. The summed E-state index contributed by atoms with van der Waals surface area (Å²) >= 11 is 0. The zero-order valence-corrected chi connectivity index (χ0v) is 11.3. The Morgan fingerprint density at radius 2 is 1.95 bits per heavy atom. The molecule has 0 bridgehead atoms. The van der Waals surface area contributed by atoms with E-state index in [0.29, 0.717) is 0 Å². The molecule has 1 aromatic heterocycles. The monoisotopic (exact) mass is 287 g/mol. The Morgan fingerprint density at radius 1 is 1.20 bits per heavy atom. The Kier molecular flexibility index (Phi) is 4.23.